The number of hydrogen-bond donors (Lipinski definition) is 1. The number of ether oxygens (including phenoxy) is 1. The van der Waals surface area contributed by atoms with Gasteiger partial charge in [-0.1, -0.05) is 6.92 Å². The van der Waals surface area contributed by atoms with Crippen LogP contribution in [0.15, 0.2) is 10.5 Å². The Bertz CT molecular complexity index is 525. The maximum absolute atomic E-state index is 12.7. The number of methoxy groups -OCH3 is 1. The van der Waals surface area contributed by atoms with E-state index in [-0.39, 0.29) is 24.3 Å². The topological polar surface area (TPSA) is 71.8 Å². The fourth-order valence-electron chi connectivity index (χ4n) is 2.22. The van der Waals surface area contributed by atoms with Crippen molar-refractivity contribution >= 4 is 11.8 Å². The number of rotatable bonds is 9. The minimum absolute atomic E-state index is 0.0466. The average Bonchev–Trinajstić information content (AvgIpc) is 2.85. The highest BCUT2D eigenvalue weighted by Gasteiger charge is 2.21. The van der Waals surface area contributed by atoms with Gasteiger partial charge < -0.3 is 19.4 Å². The molecule has 0 aliphatic rings. The first-order valence-electron chi connectivity index (χ1n) is 8.03. The molecular formula is C17H28N2O4. The van der Waals surface area contributed by atoms with Crippen LogP contribution >= 0.6 is 0 Å². The summed E-state index contributed by atoms with van der Waals surface area (Å²) in [6, 6.07) is 1.88. The van der Waals surface area contributed by atoms with Crippen LogP contribution in [0.3, 0.4) is 0 Å². The second-order valence-corrected chi connectivity index (χ2v) is 5.74. The number of nitrogens with zero attached hydrogens (tertiary/aromatic N) is 1. The van der Waals surface area contributed by atoms with Crippen molar-refractivity contribution in [2.75, 3.05) is 26.8 Å². The van der Waals surface area contributed by atoms with E-state index in [1.54, 1.807) is 25.0 Å². The molecule has 0 aromatic carbocycles. The van der Waals surface area contributed by atoms with Gasteiger partial charge in [-0.2, -0.15) is 0 Å². The van der Waals surface area contributed by atoms with Crippen molar-refractivity contribution in [3.63, 3.8) is 0 Å². The number of carbonyl (C=O) groups excluding carboxylic acids is 2. The van der Waals surface area contributed by atoms with E-state index in [9.17, 15) is 9.59 Å². The molecule has 6 nitrogen and oxygen atoms in total. The summed E-state index contributed by atoms with van der Waals surface area (Å²) in [6.45, 7) is 8.78. The van der Waals surface area contributed by atoms with Crippen LogP contribution in [0.5, 0.6) is 0 Å². The van der Waals surface area contributed by atoms with E-state index in [1.807, 2.05) is 20.8 Å². The number of furan rings is 1. The van der Waals surface area contributed by atoms with Crippen LogP contribution in [0.2, 0.25) is 0 Å². The van der Waals surface area contributed by atoms with Gasteiger partial charge in [0.15, 0.2) is 0 Å². The Morgan fingerprint density at radius 3 is 2.57 bits per heavy atom. The minimum atomic E-state index is -0.132. The smallest absolute Gasteiger partial charge is 0.257 e. The van der Waals surface area contributed by atoms with Crippen LogP contribution < -0.4 is 5.32 Å². The van der Waals surface area contributed by atoms with Crippen molar-refractivity contribution in [1.82, 2.24) is 10.2 Å². The third-order valence-electron chi connectivity index (χ3n) is 3.75. The molecule has 0 radical (unpaired) electrons. The van der Waals surface area contributed by atoms with E-state index >= 15 is 0 Å². The molecule has 2 amide bonds. The molecule has 1 aromatic rings. The first-order chi connectivity index (χ1) is 10.9. The zero-order valence-corrected chi connectivity index (χ0v) is 14.8. The first-order valence-corrected chi connectivity index (χ1v) is 8.03. The number of carbonyl (C=O) groups is 2. The second kappa shape index (κ2) is 9.35. The molecule has 0 saturated heterocycles. The van der Waals surface area contributed by atoms with Crippen molar-refractivity contribution in [2.24, 2.45) is 0 Å². The minimum Gasteiger partial charge on any atom is -0.466 e. The Kier molecular flexibility index (Phi) is 7.81. The fourth-order valence-corrected chi connectivity index (χ4v) is 2.22. The van der Waals surface area contributed by atoms with E-state index in [0.29, 0.717) is 36.8 Å². The first kappa shape index (κ1) is 19.2. The fraction of sp³-hybridized carbons (Fsp3) is 0.647. The molecule has 0 saturated carbocycles. The van der Waals surface area contributed by atoms with E-state index in [4.69, 9.17) is 9.15 Å². The number of amides is 2. The highest BCUT2D eigenvalue weighted by atomic mass is 16.5. The predicted octanol–water partition coefficient (Wildman–Crippen LogP) is 2.29. The van der Waals surface area contributed by atoms with Crippen LogP contribution in [-0.4, -0.2) is 49.6 Å². The third-order valence-corrected chi connectivity index (χ3v) is 3.75. The van der Waals surface area contributed by atoms with Crippen LogP contribution in [0.25, 0.3) is 0 Å². The zero-order valence-electron chi connectivity index (χ0n) is 14.8. The third kappa shape index (κ3) is 6.06. The molecule has 1 N–H and O–H groups in total. The monoisotopic (exact) mass is 324 g/mol. The number of hydrogen-bond acceptors (Lipinski definition) is 4. The molecule has 1 aromatic heterocycles. The maximum atomic E-state index is 12.7. The van der Waals surface area contributed by atoms with Crippen LogP contribution in [0.1, 0.15) is 48.6 Å². The summed E-state index contributed by atoms with van der Waals surface area (Å²) in [6.07, 6.45) is 1.15. The van der Waals surface area contributed by atoms with Gasteiger partial charge in [0, 0.05) is 32.7 Å². The van der Waals surface area contributed by atoms with Gasteiger partial charge in [0.1, 0.15) is 11.5 Å². The van der Waals surface area contributed by atoms with Gasteiger partial charge >= 0.3 is 0 Å². The van der Waals surface area contributed by atoms with Crippen molar-refractivity contribution in [1.29, 1.82) is 0 Å². The van der Waals surface area contributed by atoms with Gasteiger partial charge in [0.2, 0.25) is 5.91 Å². The van der Waals surface area contributed by atoms with Crippen LogP contribution in [0.4, 0.5) is 0 Å². The lowest BCUT2D eigenvalue weighted by molar-refractivity contribution is -0.121. The molecular weight excluding hydrogens is 296 g/mol. The number of aryl methyl sites for hydroxylation is 2. The summed E-state index contributed by atoms with van der Waals surface area (Å²) in [4.78, 5) is 26.2. The molecule has 1 rings (SSSR count). The number of nitrogens with one attached hydrogen (secondary N) is 1. The van der Waals surface area contributed by atoms with E-state index in [2.05, 4.69) is 5.32 Å². The van der Waals surface area contributed by atoms with Gasteiger partial charge in [0.25, 0.3) is 5.91 Å². The molecule has 23 heavy (non-hydrogen) atoms. The average molecular weight is 324 g/mol. The molecule has 0 aliphatic heterocycles. The quantitative estimate of drug-likeness (QED) is 0.756. The molecule has 0 spiro atoms. The molecule has 0 aliphatic carbocycles. The Hall–Kier alpha value is -1.82. The van der Waals surface area contributed by atoms with Gasteiger partial charge in [0.05, 0.1) is 12.2 Å². The highest BCUT2D eigenvalue weighted by Crippen LogP contribution is 2.16. The second-order valence-electron chi connectivity index (χ2n) is 5.74. The van der Waals surface area contributed by atoms with E-state index in [0.717, 1.165) is 6.42 Å². The Morgan fingerprint density at radius 1 is 1.35 bits per heavy atom. The Morgan fingerprint density at radius 2 is 2.04 bits per heavy atom. The zero-order chi connectivity index (χ0) is 17.4. The summed E-state index contributed by atoms with van der Waals surface area (Å²) < 4.78 is 10.5. The molecule has 6 heteroatoms. The summed E-state index contributed by atoms with van der Waals surface area (Å²) in [7, 11) is 1.59. The van der Waals surface area contributed by atoms with Crippen LogP contribution in [-0.2, 0) is 9.53 Å². The maximum Gasteiger partial charge on any atom is 0.257 e. The van der Waals surface area contributed by atoms with Crippen molar-refractivity contribution in [3.8, 4) is 0 Å². The Balaban J connectivity index is 2.70. The molecule has 0 fully saturated rings. The predicted molar refractivity (Wildman–Crippen MR) is 88.5 cm³/mol. The summed E-state index contributed by atoms with van der Waals surface area (Å²) >= 11 is 0. The van der Waals surface area contributed by atoms with Gasteiger partial charge in [-0.3, -0.25) is 9.59 Å². The summed E-state index contributed by atoms with van der Waals surface area (Å²) in [5.41, 5.74) is 0.543. The summed E-state index contributed by atoms with van der Waals surface area (Å²) in [5, 5.41) is 2.91. The largest absolute Gasteiger partial charge is 0.466 e. The standard InChI is InChI=1S/C17H28N2O4/c1-6-12(2)18-16(20)7-8-19(9-10-22-5)17(21)15-11-13(3)23-14(15)4/h11-12H,6-10H2,1-5H3,(H,18,20). The SMILES string of the molecule is CCC(C)NC(=O)CCN(CCOC)C(=O)c1cc(C)oc1C. The van der Waals surface area contributed by atoms with Gasteiger partial charge in [-0.15, -0.1) is 0 Å². The lowest BCUT2D eigenvalue weighted by atomic mass is 10.2. The normalized spacial score (nSPS) is 12.0. The van der Waals surface area contributed by atoms with Crippen molar-refractivity contribution in [2.45, 2.75) is 46.6 Å². The van der Waals surface area contributed by atoms with E-state index in [1.165, 1.54) is 0 Å². The van der Waals surface area contributed by atoms with Crippen molar-refractivity contribution < 1.29 is 18.7 Å². The lowest BCUT2D eigenvalue weighted by Gasteiger charge is -2.22. The molecule has 1 heterocycles. The molecule has 130 valence electrons. The van der Waals surface area contributed by atoms with Gasteiger partial charge in [-0.05, 0) is 33.3 Å². The highest BCUT2D eigenvalue weighted by molar-refractivity contribution is 5.95. The van der Waals surface area contributed by atoms with Gasteiger partial charge in [-0.25, -0.2) is 0 Å². The summed E-state index contributed by atoms with van der Waals surface area (Å²) in [5.74, 6) is 1.12. The Labute approximate surface area is 138 Å². The van der Waals surface area contributed by atoms with Crippen molar-refractivity contribution in [3.05, 3.63) is 23.2 Å². The lowest BCUT2D eigenvalue weighted by Crippen LogP contribution is -2.39. The molecule has 1 unspecified atom stereocenters. The molecule has 0 bridgehead atoms. The van der Waals surface area contributed by atoms with E-state index < -0.39 is 0 Å². The van der Waals surface area contributed by atoms with Crippen LogP contribution in [0, 0.1) is 13.8 Å². The molecule has 1 atom stereocenters.